The lowest BCUT2D eigenvalue weighted by molar-refractivity contribution is 1.22. The lowest BCUT2D eigenvalue weighted by Crippen LogP contribution is -1.72. The van der Waals surface area contributed by atoms with Gasteiger partial charge in [-0.25, -0.2) is 0 Å². The third-order valence-electron chi connectivity index (χ3n) is 1.28. The summed E-state index contributed by atoms with van der Waals surface area (Å²) in [4.78, 5) is 3.25. The molecule has 0 atom stereocenters. The molecule has 0 aromatic carbocycles. The Morgan fingerprint density at radius 2 is 1.78 bits per heavy atom. The van der Waals surface area contributed by atoms with E-state index in [1.807, 2.05) is 0 Å². The summed E-state index contributed by atoms with van der Waals surface area (Å²) in [6.07, 6.45) is 0. The highest BCUT2D eigenvalue weighted by Gasteiger charge is 2.04. The van der Waals surface area contributed by atoms with Gasteiger partial charge in [0.25, 0.3) is 0 Å². The summed E-state index contributed by atoms with van der Waals surface area (Å²) in [6.45, 7) is 4.23. The molecule has 1 aromatic rings. The maximum atomic E-state index is 3.25. The van der Waals surface area contributed by atoms with Crippen LogP contribution in [-0.4, -0.2) is 4.98 Å². The summed E-state index contributed by atoms with van der Waals surface area (Å²) in [5.41, 5.74) is 2.64. The number of aromatic nitrogens is 1. The topological polar surface area (TPSA) is 15.8 Å². The monoisotopic (exact) mass is 347 g/mol. The van der Waals surface area contributed by atoms with Crippen molar-refractivity contribution in [1.82, 2.24) is 4.98 Å². The summed E-state index contributed by atoms with van der Waals surface area (Å²) in [5.74, 6) is 0. The molecule has 1 nitrogen and oxygen atoms in total. The van der Waals surface area contributed by atoms with Gasteiger partial charge in [-0.05, 0) is 64.6 Å². The zero-order valence-corrected chi connectivity index (χ0v) is 9.57. The van der Waals surface area contributed by atoms with Gasteiger partial charge >= 0.3 is 0 Å². The third-order valence-corrected chi connectivity index (χ3v) is 3.98. The van der Waals surface area contributed by atoms with Gasteiger partial charge in [-0.3, -0.25) is 0 Å². The standard InChI is InChI=1S/C6H7I2N/c1-3-5(7)4(2)9-6(3)8/h9H,1-2H3. The molecular formula is C6H7I2N. The fraction of sp³-hybridized carbons (Fsp3) is 0.333. The van der Waals surface area contributed by atoms with Crippen LogP contribution in [0, 0.1) is 21.1 Å². The van der Waals surface area contributed by atoms with E-state index in [2.05, 4.69) is 64.0 Å². The van der Waals surface area contributed by atoms with E-state index in [1.54, 1.807) is 0 Å². The number of halogens is 2. The number of hydrogen-bond donors (Lipinski definition) is 1. The molecule has 0 fully saturated rings. The van der Waals surface area contributed by atoms with Crippen LogP contribution in [0.25, 0.3) is 0 Å². The first-order valence-electron chi connectivity index (χ1n) is 2.63. The van der Waals surface area contributed by atoms with E-state index < -0.39 is 0 Å². The minimum Gasteiger partial charge on any atom is -0.353 e. The molecule has 1 heterocycles. The van der Waals surface area contributed by atoms with Crippen molar-refractivity contribution in [3.8, 4) is 0 Å². The van der Waals surface area contributed by atoms with Gasteiger partial charge in [0.15, 0.2) is 0 Å². The Kier molecular flexibility index (Phi) is 2.42. The van der Waals surface area contributed by atoms with Gasteiger partial charge in [0.2, 0.25) is 0 Å². The summed E-state index contributed by atoms with van der Waals surface area (Å²) in [5, 5.41) is 0. The average Bonchev–Trinajstić information content (AvgIpc) is 1.98. The van der Waals surface area contributed by atoms with Crippen LogP contribution in [0.15, 0.2) is 0 Å². The largest absolute Gasteiger partial charge is 0.353 e. The van der Waals surface area contributed by atoms with Crippen LogP contribution in [0.2, 0.25) is 0 Å². The highest BCUT2D eigenvalue weighted by molar-refractivity contribution is 14.1. The summed E-state index contributed by atoms with van der Waals surface area (Å²) < 4.78 is 2.62. The van der Waals surface area contributed by atoms with Gasteiger partial charge < -0.3 is 4.98 Å². The van der Waals surface area contributed by atoms with Gasteiger partial charge in [0.1, 0.15) is 0 Å². The molecule has 1 N–H and O–H groups in total. The molecule has 0 radical (unpaired) electrons. The van der Waals surface area contributed by atoms with Crippen LogP contribution in [0.3, 0.4) is 0 Å². The van der Waals surface area contributed by atoms with Crippen LogP contribution in [0.4, 0.5) is 0 Å². The molecule has 0 bridgehead atoms. The SMILES string of the molecule is Cc1[nH]c(I)c(C)c1I. The Hall–Kier alpha value is 0.740. The number of aryl methyl sites for hydroxylation is 1. The molecule has 50 valence electrons. The molecule has 0 spiro atoms. The van der Waals surface area contributed by atoms with Crippen LogP contribution < -0.4 is 0 Å². The molecule has 0 saturated carbocycles. The molecule has 0 aliphatic carbocycles. The van der Waals surface area contributed by atoms with E-state index in [0.717, 1.165) is 0 Å². The fourth-order valence-electron chi connectivity index (χ4n) is 0.691. The maximum Gasteiger partial charge on any atom is 0.0814 e. The van der Waals surface area contributed by atoms with Gasteiger partial charge in [-0.2, -0.15) is 0 Å². The molecule has 0 unspecified atom stereocenters. The highest BCUT2D eigenvalue weighted by Crippen LogP contribution is 2.20. The summed E-state index contributed by atoms with van der Waals surface area (Å²) in [7, 11) is 0. The molecule has 1 aromatic heterocycles. The van der Waals surface area contributed by atoms with E-state index in [-0.39, 0.29) is 0 Å². The minimum atomic E-state index is 1.26. The number of nitrogens with one attached hydrogen (secondary N) is 1. The Bertz CT molecular complexity index is 205. The number of aromatic amines is 1. The molecule has 0 saturated heterocycles. The Morgan fingerprint density at radius 1 is 1.22 bits per heavy atom. The molecule has 3 heteroatoms. The van der Waals surface area contributed by atoms with Gasteiger partial charge in [0.05, 0.1) is 3.70 Å². The maximum absolute atomic E-state index is 3.25. The smallest absolute Gasteiger partial charge is 0.0814 e. The lowest BCUT2D eigenvalue weighted by atomic mass is 10.4. The van der Waals surface area contributed by atoms with Crippen molar-refractivity contribution in [2.45, 2.75) is 13.8 Å². The zero-order chi connectivity index (χ0) is 7.02. The fourth-order valence-corrected chi connectivity index (χ4v) is 2.29. The molecule has 1 rings (SSSR count). The van der Waals surface area contributed by atoms with Gasteiger partial charge in [-0.1, -0.05) is 0 Å². The minimum absolute atomic E-state index is 1.26. The number of rotatable bonds is 0. The predicted octanol–water partition coefficient (Wildman–Crippen LogP) is 2.84. The Balaban J connectivity index is 3.29. The molecule has 0 amide bonds. The van der Waals surface area contributed by atoms with Crippen LogP contribution in [0.1, 0.15) is 11.3 Å². The van der Waals surface area contributed by atoms with Crippen molar-refractivity contribution in [3.63, 3.8) is 0 Å². The number of H-pyrrole nitrogens is 1. The van der Waals surface area contributed by atoms with Gasteiger partial charge in [-0.15, -0.1) is 0 Å². The van der Waals surface area contributed by atoms with Crippen molar-refractivity contribution in [1.29, 1.82) is 0 Å². The molecular weight excluding hydrogens is 340 g/mol. The second-order valence-electron chi connectivity index (χ2n) is 2.00. The zero-order valence-electron chi connectivity index (χ0n) is 5.26. The third kappa shape index (κ3) is 1.42. The molecule has 9 heavy (non-hydrogen) atoms. The van der Waals surface area contributed by atoms with Gasteiger partial charge in [0, 0.05) is 9.26 Å². The van der Waals surface area contributed by atoms with E-state index in [1.165, 1.54) is 18.5 Å². The highest BCUT2D eigenvalue weighted by atomic mass is 127. The van der Waals surface area contributed by atoms with E-state index in [9.17, 15) is 0 Å². The second-order valence-corrected chi connectivity index (χ2v) is 4.16. The van der Waals surface area contributed by atoms with Crippen molar-refractivity contribution in [2.75, 3.05) is 0 Å². The van der Waals surface area contributed by atoms with E-state index in [4.69, 9.17) is 0 Å². The Morgan fingerprint density at radius 3 is 1.89 bits per heavy atom. The van der Waals surface area contributed by atoms with Crippen molar-refractivity contribution in [3.05, 3.63) is 18.5 Å². The normalized spacial score (nSPS) is 10.2. The first kappa shape index (κ1) is 7.84. The Labute approximate surface area is 81.9 Å². The van der Waals surface area contributed by atoms with Crippen molar-refractivity contribution < 1.29 is 0 Å². The summed E-state index contributed by atoms with van der Waals surface area (Å²) in [6, 6.07) is 0. The lowest BCUT2D eigenvalue weighted by Gasteiger charge is -1.85. The predicted molar refractivity (Wildman–Crippen MR) is 55.7 cm³/mol. The summed E-state index contributed by atoms with van der Waals surface area (Å²) >= 11 is 4.66. The molecule has 0 aliphatic heterocycles. The molecule has 0 aliphatic rings. The van der Waals surface area contributed by atoms with Crippen LogP contribution in [-0.2, 0) is 0 Å². The first-order chi connectivity index (χ1) is 4.13. The number of hydrogen-bond acceptors (Lipinski definition) is 0. The first-order valence-corrected chi connectivity index (χ1v) is 4.79. The quantitative estimate of drug-likeness (QED) is 0.695. The average molecular weight is 347 g/mol. The van der Waals surface area contributed by atoms with Crippen molar-refractivity contribution in [2.24, 2.45) is 0 Å². The van der Waals surface area contributed by atoms with E-state index in [0.29, 0.717) is 0 Å². The second kappa shape index (κ2) is 2.77. The van der Waals surface area contributed by atoms with E-state index >= 15 is 0 Å². The van der Waals surface area contributed by atoms with Crippen LogP contribution >= 0.6 is 45.2 Å². The van der Waals surface area contributed by atoms with Crippen molar-refractivity contribution >= 4 is 45.2 Å². The van der Waals surface area contributed by atoms with Crippen LogP contribution in [0.5, 0.6) is 0 Å².